The Morgan fingerprint density at radius 1 is 1.07 bits per heavy atom. The van der Waals surface area contributed by atoms with Crippen LogP contribution in [0.4, 0.5) is 5.69 Å². The Hall–Kier alpha value is -3.48. The van der Waals surface area contributed by atoms with Crippen molar-refractivity contribution in [2.75, 3.05) is 13.2 Å². The van der Waals surface area contributed by atoms with Crippen LogP contribution in [0.5, 0.6) is 5.75 Å². The Labute approximate surface area is 161 Å². The maximum atomic E-state index is 12.1. The highest BCUT2D eigenvalue weighted by atomic mass is 32.2. The number of sulfonamides is 1. The number of nitrogens with one attached hydrogen (secondary N) is 1. The molecule has 3 rings (SSSR count). The topological polar surface area (TPSA) is 111 Å². The number of nitro benzene ring substituents is 1. The van der Waals surface area contributed by atoms with Crippen molar-refractivity contribution in [2.24, 2.45) is 0 Å². The molecule has 1 N–H and O–H groups in total. The van der Waals surface area contributed by atoms with Crippen molar-refractivity contribution in [3.05, 3.63) is 70.9 Å². The highest BCUT2D eigenvalue weighted by Gasteiger charge is 2.14. The number of hydrogen-bond donors (Lipinski definition) is 1. The van der Waals surface area contributed by atoms with E-state index in [1.165, 1.54) is 12.1 Å². The van der Waals surface area contributed by atoms with Gasteiger partial charge in [0, 0.05) is 23.7 Å². The van der Waals surface area contributed by atoms with E-state index in [0.29, 0.717) is 5.75 Å². The lowest BCUT2D eigenvalue weighted by molar-refractivity contribution is -0.384. The molecule has 0 atom stereocenters. The van der Waals surface area contributed by atoms with E-state index >= 15 is 0 Å². The summed E-state index contributed by atoms with van der Waals surface area (Å²) in [6.45, 7) is -0.0363. The quantitative estimate of drug-likeness (QED) is 0.389. The van der Waals surface area contributed by atoms with Crippen LogP contribution in [0, 0.1) is 22.0 Å². The Morgan fingerprint density at radius 2 is 1.82 bits per heavy atom. The summed E-state index contributed by atoms with van der Waals surface area (Å²) in [6, 6.07) is 13.9. The van der Waals surface area contributed by atoms with Crippen molar-refractivity contribution in [3.63, 3.8) is 0 Å². The molecule has 0 aliphatic carbocycles. The van der Waals surface area contributed by atoms with Crippen molar-refractivity contribution < 1.29 is 18.1 Å². The van der Waals surface area contributed by atoms with Crippen molar-refractivity contribution >= 4 is 26.6 Å². The number of ether oxygens (including phenoxy) is 1. The minimum Gasteiger partial charge on any atom is -0.479 e. The van der Waals surface area contributed by atoms with Gasteiger partial charge in [-0.15, -0.1) is 0 Å². The second kappa shape index (κ2) is 8.47. The summed E-state index contributed by atoms with van der Waals surface area (Å²) in [5.74, 6) is 5.99. The van der Waals surface area contributed by atoms with Gasteiger partial charge in [0.05, 0.1) is 16.4 Å². The number of para-hydroxylation sites is 1. The smallest absolute Gasteiger partial charge is 0.269 e. The summed E-state index contributed by atoms with van der Waals surface area (Å²) < 4.78 is 32.2. The molecule has 8 nitrogen and oxygen atoms in total. The molecular formula is C19H15N3O5S. The molecule has 142 valence electrons. The lowest BCUT2D eigenvalue weighted by Gasteiger charge is -2.05. The Balaban J connectivity index is 1.55. The van der Waals surface area contributed by atoms with Gasteiger partial charge in [-0.2, -0.15) is 4.72 Å². The normalized spacial score (nSPS) is 10.9. The van der Waals surface area contributed by atoms with Gasteiger partial charge in [-0.05, 0) is 24.3 Å². The Bertz CT molecular complexity index is 1160. The predicted molar refractivity (Wildman–Crippen MR) is 103 cm³/mol. The van der Waals surface area contributed by atoms with Gasteiger partial charge in [0.1, 0.15) is 17.9 Å². The third-order valence-electron chi connectivity index (χ3n) is 3.73. The highest BCUT2D eigenvalue weighted by molar-refractivity contribution is 7.89. The average molecular weight is 397 g/mol. The number of aromatic nitrogens is 1. The van der Waals surface area contributed by atoms with Crippen LogP contribution in [0.2, 0.25) is 0 Å². The molecule has 2 aromatic carbocycles. The van der Waals surface area contributed by atoms with Crippen molar-refractivity contribution in [3.8, 4) is 17.6 Å². The fourth-order valence-corrected chi connectivity index (χ4v) is 3.30. The summed E-state index contributed by atoms with van der Waals surface area (Å²) in [4.78, 5) is 14.2. The molecule has 0 radical (unpaired) electrons. The number of non-ortho nitro benzene ring substituents is 1. The molecule has 0 bridgehead atoms. The zero-order valence-corrected chi connectivity index (χ0v) is 15.3. The number of rotatable bonds is 6. The molecule has 3 aromatic rings. The fourth-order valence-electron chi connectivity index (χ4n) is 2.38. The van der Waals surface area contributed by atoms with E-state index in [9.17, 15) is 18.5 Å². The molecular weight excluding hydrogens is 382 g/mol. The summed E-state index contributed by atoms with van der Waals surface area (Å²) in [7, 11) is -3.80. The minimum atomic E-state index is -3.80. The van der Waals surface area contributed by atoms with Gasteiger partial charge in [0.15, 0.2) is 0 Å². The van der Waals surface area contributed by atoms with E-state index in [1.54, 1.807) is 12.3 Å². The van der Waals surface area contributed by atoms with Crippen molar-refractivity contribution in [2.45, 2.75) is 4.90 Å². The first-order chi connectivity index (χ1) is 13.5. The standard InChI is InChI=1S/C19H15N3O5S/c23-22(24)16-8-10-17(11-9-16)28(25,26)21-13-1-2-14-27-18-7-3-5-15-6-4-12-20-19(15)18/h3-12,21H,13-14H2. The monoisotopic (exact) mass is 397 g/mol. The largest absolute Gasteiger partial charge is 0.479 e. The molecule has 0 fully saturated rings. The molecule has 9 heteroatoms. The van der Waals surface area contributed by atoms with E-state index in [2.05, 4.69) is 21.5 Å². The Kier molecular flexibility index (Phi) is 5.84. The summed E-state index contributed by atoms with van der Waals surface area (Å²) in [6.07, 6.45) is 1.67. The zero-order valence-electron chi connectivity index (χ0n) is 14.5. The van der Waals surface area contributed by atoms with Crippen LogP contribution in [0.1, 0.15) is 0 Å². The minimum absolute atomic E-state index is 0.0713. The number of fused-ring (bicyclic) bond motifs is 1. The molecule has 1 heterocycles. The maximum Gasteiger partial charge on any atom is 0.269 e. The Morgan fingerprint density at radius 3 is 2.57 bits per heavy atom. The van der Waals surface area contributed by atoms with E-state index in [4.69, 9.17) is 4.74 Å². The average Bonchev–Trinajstić information content (AvgIpc) is 2.70. The molecule has 28 heavy (non-hydrogen) atoms. The third kappa shape index (κ3) is 4.62. The van der Waals surface area contributed by atoms with Crippen LogP contribution < -0.4 is 9.46 Å². The first-order valence-electron chi connectivity index (χ1n) is 8.14. The number of benzene rings is 2. The van der Waals surface area contributed by atoms with Gasteiger partial charge in [-0.25, -0.2) is 8.42 Å². The second-order valence-electron chi connectivity index (χ2n) is 5.55. The molecule has 0 spiro atoms. The summed E-state index contributed by atoms with van der Waals surface area (Å²) in [5.41, 5.74) is 0.546. The van der Waals surface area contributed by atoms with Crippen LogP contribution in [0.25, 0.3) is 10.9 Å². The number of nitro groups is 1. The van der Waals surface area contributed by atoms with E-state index in [-0.39, 0.29) is 23.7 Å². The van der Waals surface area contributed by atoms with Crippen LogP contribution >= 0.6 is 0 Å². The van der Waals surface area contributed by atoms with E-state index in [0.717, 1.165) is 23.0 Å². The zero-order chi connectivity index (χ0) is 20.0. The van der Waals surface area contributed by atoms with Gasteiger partial charge < -0.3 is 4.74 Å². The predicted octanol–water partition coefficient (Wildman–Crippen LogP) is 2.50. The molecule has 0 aliphatic rings. The van der Waals surface area contributed by atoms with Gasteiger partial charge >= 0.3 is 0 Å². The highest BCUT2D eigenvalue weighted by Crippen LogP contribution is 2.22. The first kappa shape index (κ1) is 19.3. The van der Waals surface area contributed by atoms with Gasteiger partial charge in [-0.1, -0.05) is 30.0 Å². The van der Waals surface area contributed by atoms with Gasteiger partial charge in [-0.3, -0.25) is 15.1 Å². The molecule has 0 unspecified atom stereocenters. The number of hydrogen-bond acceptors (Lipinski definition) is 6. The lowest BCUT2D eigenvalue weighted by atomic mass is 10.2. The van der Waals surface area contributed by atoms with Crippen LogP contribution in [0.3, 0.4) is 0 Å². The molecule has 1 aromatic heterocycles. The lowest BCUT2D eigenvalue weighted by Crippen LogP contribution is -2.24. The van der Waals surface area contributed by atoms with Crippen molar-refractivity contribution in [1.29, 1.82) is 0 Å². The first-order valence-corrected chi connectivity index (χ1v) is 9.62. The van der Waals surface area contributed by atoms with Crippen LogP contribution in [0.15, 0.2) is 65.7 Å². The van der Waals surface area contributed by atoms with Crippen molar-refractivity contribution in [1.82, 2.24) is 9.71 Å². The fraction of sp³-hybridized carbons (Fsp3) is 0.105. The summed E-state index contributed by atoms with van der Waals surface area (Å²) in [5, 5.41) is 11.6. The molecule has 0 aliphatic heterocycles. The van der Waals surface area contributed by atoms with E-state index in [1.807, 2.05) is 24.3 Å². The van der Waals surface area contributed by atoms with Crippen LogP contribution in [-0.4, -0.2) is 31.5 Å². The van der Waals surface area contributed by atoms with Gasteiger partial charge in [0.2, 0.25) is 10.0 Å². The van der Waals surface area contributed by atoms with Gasteiger partial charge in [0.25, 0.3) is 5.69 Å². The van der Waals surface area contributed by atoms with E-state index < -0.39 is 14.9 Å². The van der Waals surface area contributed by atoms with Crippen LogP contribution in [-0.2, 0) is 10.0 Å². The second-order valence-corrected chi connectivity index (χ2v) is 7.32. The summed E-state index contributed by atoms with van der Waals surface area (Å²) >= 11 is 0. The molecule has 0 saturated carbocycles. The number of nitrogens with zero attached hydrogens (tertiary/aromatic N) is 2. The number of pyridine rings is 1. The molecule has 0 amide bonds. The molecule has 0 saturated heterocycles. The SMILES string of the molecule is O=[N+]([O-])c1ccc(S(=O)(=O)NCC#CCOc2cccc3cccnc23)cc1. The third-order valence-corrected chi connectivity index (χ3v) is 5.15. The maximum absolute atomic E-state index is 12.1.